The van der Waals surface area contributed by atoms with Crippen LogP contribution < -0.4 is 10.1 Å². The number of hydrogen-bond acceptors (Lipinski definition) is 3. The molecule has 1 heterocycles. The van der Waals surface area contributed by atoms with E-state index in [0.29, 0.717) is 13.0 Å². The zero-order valence-electron chi connectivity index (χ0n) is 19.6. The molecule has 3 rings (SSSR count). The normalized spacial score (nSPS) is 16.0. The summed E-state index contributed by atoms with van der Waals surface area (Å²) in [6, 6.07) is 16.6. The van der Waals surface area contributed by atoms with Crippen LogP contribution in [0.4, 0.5) is 0 Å². The first-order valence-electron chi connectivity index (χ1n) is 11.7. The zero-order chi connectivity index (χ0) is 22.3. The molecular formula is C27H38N2O2. The first-order chi connectivity index (χ1) is 14.8. The summed E-state index contributed by atoms with van der Waals surface area (Å²) in [7, 11) is 0. The van der Waals surface area contributed by atoms with Crippen LogP contribution in [0.25, 0.3) is 0 Å². The summed E-state index contributed by atoms with van der Waals surface area (Å²) in [6.07, 6.45) is 4.09. The molecule has 0 unspecified atom stereocenters. The molecule has 168 valence electrons. The number of ether oxygens (including phenoxy) is 1. The molecular weight excluding hydrogens is 384 g/mol. The Bertz CT molecular complexity index is 833. The van der Waals surface area contributed by atoms with E-state index in [0.717, 1.165) is 17.9 Å². The van der Waals surface area contributed by atoms with Crippen LogP contribution in [0.15, 0.2) is 48.5 Å². The number of amides is 1. The smallest absolute Gasteiger partial charge is 0.261 e. The third kappa shape index (κ3) is 7.10. The second kappa shape index (κ2) is 10.8. The summed E-state index contributed by atoms with van der Waals surface area (Å²) in [6.45, 7) is 12.4. The van der Waals surface area contributed by atoms with Crippen molar-refractivity contribution in [3.63, 3.8) is 0 Å². The van der Waals surface area contributed by atoms with Gasteiger partial charge in [-0.25, -0.2) is 0 Å². The van der Waals surface area contributed by atoms with Gasteiger partial charge < -0.3 is 10.1 Å². The van der Waals surface area contributed by atoms with E-state index < -0.39 is 6.10 Å². The Kier molecular flexibility index (Phi) is 8.14. The highest BCUT2D eigenvalue weighted by atomic mass is 16.5. The highest BCUT2D eigenvalue weighted by molar-refractivity contribution is 5.81. The Morgan fingerprint density at radius 2 is 1.71 bits per heavy atom. The Morgan fingerprint density at radius 3 is 2.35 bits per heavy atom. The molecule has 0 bridgehead atoms. The number of carbonyl (C=O) groups excluding carboxylic acids is 1. The molecule has 4 nitrogen and oxygen atoms in total. The second-order valence-corrected chi connectivity index (χ2v) is 9.66. The average molecular weight is 423 g/mol. The fraction of sp³-hybridized carbons (Fsp3) is 0.519. The molecule has 0 aromatic heterocycles. The largest absolute Gasteiger partial charge is 0.481 e. The Labute approximate surface area is 188 Å². The number of nitrogens with one attached hydrogen (secondary N) is 1. The lowest BCUT2D eigenvalue weighted by molar-refractivity contribution is -0.128. The molecule has 2 aromatic rings. The van der Waals surface area contributed by atoms with E-state index in [9.17, 15) is 4.79 Å². The van der Waals surface area contributed by atoms with Crippen LogP contribution >= 0.6 is 0 Å². The molecule has 2 aromatic carbocycles. The van der Waals surface area contributed by atoms with Crippen LogP contribution in [0.3, 0.4) is 0 Å². The van der Waals surface area contributed by atoms with Gasteiger partial charge in [-0.1, -0.05) is 70.5 Å². The summed E-state index contributed by atoms with van der Waals surface area (Å²) in [5.74, 6) is 0.669. The molecule has 1 saturated heterocycles. The quantitative estimate of drug-likeness (QED) is 0.615. The lowest BCUT2D eigenvalue weighted by Crippen LogP contribution is -2.37. The third-order valence-electron chi connectivity index (χ3n) is 5.97. The van der Waals surface area contributed by atoms with Crippen molar-refractivity contribution in [3.8, 4) is 5.75 Å². The van der Waals surface area contributed by atoms with Gasteiger partial charge in [-0.05, 0) is 66.6 Å². The molecule has 4 heteroatoms. The van der Waals surface area contributed by atoms with Gasteiger partial charge in [0.15, 0.2) is 6.10 Å². The minimum atomic E-state index is -0.489. The summed E-state index contributed by atoms with van der Waals surface area (Å²) >= 11 is 0. The van der Waals surface area contributed by atoms with Gasteiger partial charge in [0, 0.05) is 13.1 Å². The molecule has 0 spiro atoms. The second-order valence-electron chi connectivity index (χ2n) is 9.66. The summed E-state index contributed by atoms with van der Waals surface area (Å²) in [4.78, 5) is 15.3. The predicted molar refractivity (Wildman–Crippen MR) is 127 cm³/mol. The number of likely N-dealkylation sites (tertiary alicyclic amines) is 1. The molecule has 31 heavy (non-hydrogen) atoms. The van der Waals surface area contributed by atoms with E-state index in [1.54, 1.807) is 0 Å². The molecule has 1 atom stereocenters. The van der Waals surface area contributed by atoms with Crippen molar-refractivity contribution in [1.29, 1.82) is 0 Å². The first-order valence-corrected chi connectivity index (χ1v) is 11.7. The van der Waals surface area contributed by atoms with Crippen molar-refractivity contribution in [2.24, 2.45) is 0 Å². The predicted octanol–water partition coefficient (Wildman–Crippen LogP) is 5.44. The Balaban J connectivity index is 1.53. The highest BCUT2D eigenvalue weighted by Gasteiger charge is 2.19. The van der Waals surface area contributed by atoms with Crippen molar-refractivity contribution >= 4 is 5.91 Å². The van der Waals surface area contributed by atoms with Crippen LogP contribution in [-0.4, -0.2) is 30.0 Å². The van der Waals surface area contributed by atoms with Crippen molar-refractivity contribution in [3.05, 3.63) is 65.2 Å². The standard InChI is InChI=1S/C27H38N2O2/c1-5-25(31-24-14-12-23(13-15-24)27(2,3)4)26(30)28-19-21-10-9-11-22(18-21)20-29-16-7-6-8-17-29/h9-15,18,25H,5-8,16-17,19-20H2,1-4H3,(H,28,30)/t25-/m0/s1. The van der Waals surface area contributed by atoms with E-state index in [1.165, 1.54) is 43.5 Å². The van der Waals surface area contributed by atoms with Gasteiger partial charge in [0.05, 0.1) is 0 Å². The van der Waals surface area contributed by atoms with E-state index in [-0.39, 0.29) is 11.3 Å². The van der Waals surface area contributed by atoms with Crippen molar-refractivity contribution < 1.29 is 9.53 Å². The number of carbonyl (C=O) groups is 1. The maximum absolute atomic E-state index is 12.7. The van der Waals surface area contributed by atoms with E-state index in [4.69, 9.17) is 4.74 Å². The lowest BCUT2D eigenvalue weighted by Gasteiger charge is -2.26. The highest BCUT2D eigenvalue weighted by Crippen LogP contribution is 2.25. The van der Waals surface area contributed by atoms with Gasteiger partial charge in [0.25, 0.3) is 5.91 Å². The van der Waals surface area contributed by atoms with Crippen LogP contribution in [0.5, 0.6) is 5.75 Å². The lowest BCUT2D eigenvalue weighted by atomic mass is 9.87. The Hall–Kier alpha value is -2.33. The molecule has 1 N–H and O–H groups in total. The molecule has 0 saturated carbocycles. The topological polar surface area (TPSA) is 41.6 Å². The molecule has 1 amide bonds. The molecule has 1 aliphatic heterocycles. The van der Waals surface area contributed by atoms with Gasteiger partial charge >= 0.3 is 0 Å². The number of nitrogens with zero attached hydrogens (tertiary/aromatic N) is 1. The van der Waals surface area contributed by atoms with Crippen molar-refractivity contribution in [1.82, 2.24) is 10.2 Å². The SMILES string of the molecule is CC[C@H](Oc1ccc(C(C)(C)C)cc1)C(=O)NCc1cccc(CN2CCCCC2)c1. The first kappa shape index (κ1) is 23.3. The van der Waals surface area contributed by atoms with Crippen LogP contribution in [0.1, 0.15) is 70.1 Å². The van der Waals surface area contributed by atoms with Gasteiger partial charge in [0.2, 0.25) is 0 Å². The summed E-state index contributed by atoms with van der Waals surface area (Å²) < 4.78 is 5.99. The van der Waals surface area contributed by atoms with E-state index >= 15 is 0 Å². The number of benzene rings is 2. The summed E-state index contributed by atoms with van der Waals surface area (Å²) in [5.41, 5.74) is 3.80. The number of hydrogen-bond donors (Lipinski definition) is 1. The van der Waals surface area contributed by atoms with Crippen molar-refractivity contribution in [2.45, 2.75) is 78.0 Å². The van der Waals surface area contributed by atoms with Crippen molar-refractivity contribution in [2.75, 3.05) is 13.1 Å². The average Bonchev–Trinajstić information content (AvgIpc) is 2.76. The summed E-state index contributed by atoms with van der Waals surface area (Å²) in [5, 5.41) is 3.06. The monoisotopic (exact) mass is 422 g/mol. The fourth-order valence-electron chi connectivity index (χ4n) is 4.04. The maximum Gasteiger partial charge on any atom is 0.261 e. The van der Waals surface area contributed by atoms with Gasteiger partial charge in [-0.2, -0.15) is 0 Å². The van der Waals surface area contributed by atoms with Crippen LogP contribution in [0.2, 0.25) is 0 Å². The van der Waals surface area contributed by atoms with Gasteiger partial charge in [-0.3, -0.25) is 9.69 Å². The van der Waals surface area contributed by atoms with E-state index in [1.807, 2.05) is 19.1 Å². The van der Waals surface area contributed by atoms with E-state index in [2.05, 4.69) is 67.4 Å². The Morgan fingerprint density at radius 1 is 1.03 bits per heavy atom. The number of rotatable bonds is 8. The molecule has 0 aliphatic carbocycles. The zero-order valence-corrected chi connectivity index (χ0v) is 19.6. The van der Waals surface area contributed by atoms with Gasteiger partial charge in [0.1, 0.15) is 5.75 Å². The molecule has 1 fully saturated rings. The van der Waals surface area contributed by atoms with Crippen LogP contribution in [-0.2, 0) is 23.3 Å². The van der Waals surface area contributed by atoms with Crippen LogP contribution in [0, 0.1) is 0 Å². The number of piperidine rings is 1. The minimum absolute atomic E-state index is 0.0659. The maximum atomic E-state index is 12.7. The molecule has 0 radical (unpaired) electrons. The minimum Gasteiger partial charge on any atom is -0.481 e. The fourth-order valence-corrected chi connectivity index (χ4v) is 4.04. The molecule has 1 aliphatic rings. The van der Waals surface area contributed by atoms with Gasteiger partial charge in [-0.15, -0.1) is 0 Å². The third-order valence-corrected chi connectivity index (χ3v) is 5.97.